The van der Waals surface area contributed by atoms with Gasteiger partial charge in [-0.15, -0.1) is 0 Å². The Balaban J connectivity index is 2.66. The van der Waals surface area contributed by atoms with Crippen LogP contribution in [-0.4, -0.2) is 36.9 Å². The van der Waals surface area contributed by atoms with Crippen molar-refractivity contribution in [2.45, 2.75) is 33.2 Å². The molecule has 1 heterocycles. The molecule has 0 spiro atoms. The molecule has 1 aliphatic rings. The molecule has 0 saturated carbocycles. The Labute approximate surface area is 98.9 Å². The highest BCUT2D eigenvalue weighted by Gasteiger charge is 2.11. The second kappa shape index (κ2) is 6.48. The van der Waals surface area contributed by atoms with Crippen molar-refractivity contribution < 1.29 is 0 Å². The zero-order valence-corrected chi connectivity index (χ0v) is 10.8. The first-order valence-corrected chi connectivity index (χ1v) is 5.99. The molecule has 16 heavy (non-hydrogen) atoms. The van der Waals surface area contributed by atoms with E-state index in [2.05, 4.69) is 48.1 Å². The van der Waals surface area contributed by atoms with Crippen LogP contribution in [0.1, 0.15) is 27.2 Å². The topological polar surface area (TPSA) is 27.6 Å². The van der Waals surface area contributed by atoms with Gasteiger partial charge in [0, 0.05) is 31.8 Å². The highest BCUT2D eigenvalue weighted by molar-refractivity contribution is 5.84. The summed E-state index contributed by atoms with van der Waals surface area (Å²) in [7, 11) is 2.00. The van der Waals surface area contributed by atoms with Gasteiger partial charge in [0.2, 0.25) is 0 Å². The first-order chi connectivity index (χ1) is 7.67. The van der Waals surface area contributed by atoms with E-state index >= 15 is 0 Å². The van der Waals surface area contributed by atoms with E-state index in [1.807, 2.05) is 13.2 Å². The summed E-state index contributed by atoms with van der Waals surface area (Å²) in [6.07, 6.45) is 7.13. The van der Waals surface area contributed by atoms with Gasteiger partial charge >= 0.3 is 0 Å². The Morgan fingerprint density at radius 1 is 1.56 bits per heavy atom. The monoisotopic (exact) mass is 221 g/mol. The lowest BCUT2D eigenvalue weighted by Gasteiger charge is -2.26. The van der Waals surface area contributed by atoms with Crippen LogP contribution >= 0.6 is 0 Å². The fourth-order valence-electron chi connectivity index (χ4n) is 1.66. The lowest BCUT2D eigenvalue weighted by Crippen LogP contribution is -2.40. The molecule has 1 N–H and O–H groups in total. The second-order valence-corrected chi connectivity index (χ2v) is 4.24. The van der Waals surface area contributed by atoms with Crippen LogP contribution in [0.4, 0.5) is 0 Å². The number of likely N-dealkylation sites (N-methyl/N-ethyl adjacent to an activating group) is 2. The second-order valence-electron chi connectivity index (χ2n) is 4.24. The van der Waals surface area contributed by atoms with E-state index < -0.39 is 0 Å². The van der Waals surface area contributed by atoms with Crippen LogP contribution in [0.25, 0.3) is 0 Å². The molecule has 0 aromatic heterocycles. The van der Waals surface area contributed by atoms with Gasteiger partial charge in [-0.1, -0.05) is 11.6 Å². The normalized spacial score (nSPS) is 17.5. The molecule has 1 aliphatic heterocycles. The van der Waals surface area contributed by atoms with E-state index in [0.717, 1.165) is 25.3 Å². The Hall–Kier alpha value is -1.09. The summed E-state index contributed by atoms with van der Waals surface area (Å²) >= 11 is 0. The third kappa shape index (κ3) is 3.81. The van der Waals surface area contributed by atoms with Crippen LogP contribution in [0.15, 0.2) is 28.9 Å². The average molecular weight is 221 g/mol. The van der Waals surface area contributed by atoms with Crippen LogP contribution in [0.5, 0.6) is 0 Å². The van der Waals surface area contributed by atoms with E-state index in [4.69, 9.17) is 0 Å². The number of aliphatic imine (C=N–C) groups is 1. The van der Waals surface area contributed by atoms with Gasteiger partial charge in [-0.25, -0.2) is 4.99 Å². The fourth-order valence-corrected chi connectivity index (χ4v) is 1.66. The van der Waals surface area contributed by atoms with Crippen molar-refractivity contribution in [1.29, 1.82) is 0 Å². The van der Waals surface area contributed by atoms with Gasteiger partial charge in [0.1, 0.15) is 5.84 Å². The largest absolute Gasteiger partial charge is 0.359 e. The maximum atomic E-state index is 4.51. The number of nitrogens with one attached hydrogen (secondary N) is 1. The number of allylic oxidation sites excluding steroid dienone is 2. The van der Waals surface area contributed by atoms with Gasteiger partial charge in [-0.2, -0.15) is 0 Å². The van der Waals surface area contributed by atoms with Crippen molar-refractivity contribution in [3.63, 3.8) is 0 Å². The molecule has 0 amide bonds. The maximum Gasteiger partial charge on any atom is 0.108 e. The smallest absolute Gasteiger partial charge is 0.108 e. The van der Waals surface area contributed by atoms with Crippen molar-refractivity contribution in [3.8, 4) is 0 Å². The Morgan fingerprint density at radius 3 is 2.94 bits per heavy atom. The first-order valence-electron chi connectivity index (χ1n) is 5.99. The average Bonchev–Trinajstić information content (AvgIpc) is 2.50. The minimum atomic E-state index is 0.486. The maximum absolute atomic E-state index is 4.51. The van der Waals surface area contributed by atoms with E-state index in [1.165, 1.54) is 5.57 Å². The number of hydrogen-bond donors (Lipinski definition) is 1. The van der Waals surface area contributed by atoms with E-state index in [0.29, 0.717) is 6.04 Å². The molecule has 0 aromatic carbocycles. The molecule has 3 heteroatoms. The first kappa shape index (κ1) is 13.0. The van der Waals surface area contributed by atoms with Gasteiger partial charge in [0.05, 0.1) is 0 Å². The van der Waals surface area contributed by atoms with Crippen molar-refractivity contribution >= 4 is 5.84 Å². The van der Waals surface area contributed by atoms with Crippen molar-refractivity contribution in [1.82, 2.24) is 10.2 Å². The van der Waals surface area contributed by atoms with Crippen LogP contribution < -0.4 is 5.32 Å². The third-order valence-electron chi connectivity index (χ3n) is 2.90. The number of nitrogens with zero attached hydrogens (tertiary/aromatic N) is 2. The quantitative estimate of drug-likeness (QED) is 0.788. The van der Waals surface area contributed by atoms with Gasteiger partial charge in [-0.05, 0) is 33.9 Å². The van der Waals surface area contributed by atoms with E-state index in [1.54, 1.807) is 0 Å². The summed E-state index contributed by atoms with van der Waals surface area (Å²) < 4.78 is 0. The third-order valence-corrected chi connectivity index (χ3v) is 2.90. The SMILES string of the molecule is CCN(CC(C)NC)C1=NC=CC(C)=CC1. The Morgan fingerprint density at radius 2 is 2.31 bits per heavy atom. The standard InChI is InChI=1S/C13H23N3/c1-5-16(10-12(3)14-4)13-7-6-11(2)8-9-15-13/h6,8-9,12,14H,5,7,10H2,1-4H3. The van der Waals surface area contributed by atoms with E-state index in [9.17, 15) is 0 Å². The van der Waals surface area contributed by atoms with Crippen LogP contribution in [0.3, 0.4) is 0 Å². The number of amidine groups is 1. The summed E-state index contributed by atoms with van der Waals surface area (Å²) in [5.41, 5.74) is 1.29. The molecule has 1 rings (SSSR count). The molecule has 0 saturated heterocycles. The molecule has 0 bridgehead atoms. The summed E-state index contributed by atoms with van der Waals surface area (Å²) in [5.74, 6) is 1.16. The summed E-state index contributed by atoms with van der Waals surface area (Å²) in [6.45, 7) is 8.49. The van der Waals surface area contributed by atoms with Crippen molar-refractivity contribution in [3.05, 3.63) is 23.9 Å². The molecule has 0 aromatic rings. The number of rotatable bonds is 4. The van der Waals surface area contributed by atoms with Crippen molar-refractivity contribution in [2.24, 2.45) is 4.99 Å². The summed E-state index contributed by atoms with van der Waals surface area (Å²) in [4.78, 5) is 6.85. The molecule has 0 aliphatic carbocycles. The molecule has 3 nitrogen and oxygen atoms in total. The van der Waals surface area contributed by atoms with Gasteiger partial charge in [0.15, 0.2) is 0 Å². The van der Waals surface area contributed by atoms with Gasteiger partial charge in [-0.3, -0.25) is 0 Å². The predicted octanol–water partition coefficient (Wildman–Crippen LogP) is 2.18. The lowest BCUT2D eigenvalue weighted by atomic mass is 10.2. The predicted molar refractivity (Wildman–Crippen MR) is 70.7 cm³/mol. The molecular weight excluding hydrogens is 198 g/mol. The van der Waals surface area contributed by atoms with E-state index in [-0.39, 0.29) is 0 Å². The number of hydrogen-bond acceptors (Lipinski definition) is 3. The van der Waals surface area contributed by atoms with Crippen LogP contribution in [-0.2, 0) is 0 Å². The zero-order valence-electron chi connectivity index (χ0n) is 10.8. The summed E-state index contributed by atoms with van der Waals surface area (Å²) in [5, 5.41) is 3.26. The molecule has 1 atom stereocenters. The minimum Gasteiger partial charge on any atom is -0.359 e. The molecule has 0 fully saturated rings. The van der Waals surface area contributed by atoms with Gasteiger partial charge in [0.25, 0.3) is 0 Å². The van der Waals surface area contributed by atoms with Crippen LogP contribution in [0.2, 0.25) is 0 Å². The van der Waals surface area contributed by atoms with Crippen molar-refractivity contribution in [2.75, 3.05) is 20.1 Å². The highest BCUT2D eigenvalue weighted by Crippen LogP contribution is 2.08. The molecule has 0 radical (unpaired) electrons. The van der Waals surface area contributed by atoms with Crippen LogP contribution in [0, 0.1) is 0 Å². The Kier molecular flexibility index (Phi) is 5.26. The highest BCUT2D eigenvalue weighted by atomic mass is 15.2. The molecular formula is C13H23N3. The summed E-state index contributed by atoms with van der Waals surface area (Å²) in [6, 6.07) is 0.486. The zero-order chi connectivity index (χ0) is 12.0. The molecule has 90 valence electrons. The fraction of sp³-hybridized carbons (Fsp3) is 0.615. The lowest BCUT2D eigenvalue weighted by molar-refractivity contribution is 0.382. The Bertz CT molecular complexity index is 300. The van der Waals surface area contributed by atoms with Gasteiger partial charge < -0.3 is 10.2 Å². The minimum absolute atomic E-state index is 0.486. The molecule has 1 unspecified atom stereocenters.